The van der Waals surface area contributed by atoms with Crippen molar-refractivity contribution < 1.29 is 28.6 Å². The van der Waals surface area contributed by atoms with Gasteiger partial charge in [0.1, 0.15) is 17.5 Å². The topological polar surface area (TPSA) is 158 Å². The van der Waals surface area contributed by atoms with Gasteiger partial charge < -0.3 is 35.5 Å². The standard InChI is InChI=1S/C32H36N6O6/c1-42-26-14-19-8-12-25(26)43-18-29(40)34-15-20-6-10-21(11-7-20)44-27-17-38(16-24(27)35-28(39)13-9-19)31(41)30-22-4-2-3-5-23(22)36-32(33)37-30/h6-8,10-12,14,24,27H,2-5,9,13,15-18H2,1H3,(H,34,40)(H,35,39)(H2,33,36,37)/t24-,27-/m0/s1. The third-order valence-corrected chi connectivity index (χ3v) is 8.23. The van der Waals surface area contributed by atoms with E-state index in [1.165, 1.54) is 7.11 Å². The zero-order valence-corrected chi connectivity index (χ0v) is 24.6. The van der Waals surface area contributed by atoms with Gasteiger partial charge in [-0.15, -0.1) is 0 Å². The van der Waals surface area contributed by atoms with Crippen LogP contribution in [0.25, 0.3) is 0 Å². The van der Waals surface area contributed by atoms with E-state index in [0.717, 1.165) is 48.1 Å². The van der Waals surface area contributed by atoms with Gasteiger partial charge in [0, 0.05) is 30.8 Å². The molecular formula is C32H36N6O6. The minimum absolute atomic E-state index is 0.0914. The number of nitrogens with zero attached hydrogens (tertiary/aromatic N) is 3. The highest BCUT2D eigenvalue weighted by atomic mass is 16.5. The average Bonchev–Trinajstić information content (AvgIpc) is 3.42. The Labute approximate surface area is 255 Å². The van der Waals surface area contributed by atoms with Crippen molar-refractivity contribution in [2.45, 2.75) is 57.2 Å². The lowest BCUT2D eigenvalue weighted by Crippen LogP contribution is -2.45. The number of nitrogen functional groups attached to an aromatic ring is 1. The molecule has 230 valence electrons. The number of ether oxygens (including phenoxy) is 3. The van der Waals surface area contributed by atoms with E-state index in [0.29, 0.717) is 35.9 Å². The molecule has 1 fully saturated rings. The SMILES string of the molecule is COc1cc2ccc1OCC(=O)NCc1ccc(cc1)O[C@H]1CN(C(=O)c3nc(N)nc4c3CCCC4)C[C@@H]1NC(=O)CC2. The highest BCUT2D eigenvalue weighted by Crippen LogP contribution is 2.29. The molecule has 4 bridgehead atoms. The Kier molecular flexibility index (Phi) is 8.49. The Hall–Kier alpha value is -4.87. The van der Waals surface area contributed by atoms with Gasteiger partial charge in [-0.05, 0) is 67.5 Å². The third kappa shape index (κ3) is 6.53. The number of methoxy groups -OCH3 is 1. The van der Waals surface area contributed by atoms with Crippen molar-refractivity contribution in [3.8, 4) is 17.2 Å². The predicted molar refractivity (Wildman–Crippen MR) is 160 cm³/mol. The smallest absolute Gasteiger partial charge is 0.273 e. The van der Waals surface area contributed by atoms with Crippen LogP contribution in [0.4, 0.5) is 5.95 Å². The van der Waals surface area contributed by atoms with E-state index in [-0.39, 0.29) is 49.8 Å². The second-order valence-electron chi connectivity index (χ2n) is 11.3. The molecule has 5 aliphatic heterocycles. The molecular weight excluding hydrogens is 564 g/mol. The Bertz CT molecular complexity index is 1560. The van der Waals surface area contributed by atoms with Gasteiger partial charge in [-0.3, -0.25) is 14.4 Å². The van der Waals surface area contributed by atoms with Crippen molar-refractivity contribution in [3.05, 3.63) is 70.5 Å². The molecule has 9 rings (SSSR count). The van der Waals surface area contributed by atoms with Gasteiger partial charge in [-0.2, -0.15) is 0 Å². The van der Waals surface area contributed by atoms with E-state index >= 15 is 0 Å². The lowest BCUT2D eigenvalue weighted by molar-refractivity contribution is -0.123. The number of nitrogens with two attached hydrogens (primary N) is 1. The average molecular weight is 601 g/mol. The van der Waals surface area contributed by atoms with Crippen LogP contribution >= 0.6 is 0 Å². The Morgan fingerprint density at radius 1 is 0.977 bits per heavy atom. The van der Waals surface area contributed by atoms with E-state index in [1.54, 1.807) is 17.0 Å². The highest BCUT2D eigenvalue weighted by molar-refractivity contribution is 5.94. The lowest BCUT2D eigenvalue weighted by Gasteiger charge is -2.21. The van der Waals surface area contributed by atoms with E-state index in [4.69, 9.17) is 19.9 Å². The van der Waals surface area contributed by atoms with Gasteiger partial charge in [0.05, 0.1) is 19.7 Å². The number of hydrogen-bond donors (Lipinski definition) is 3. The number of aryl methyl sites for hydroxylation is 2. The summed E-state index contributed by atoms with van der Waals surface area (Å²) >= 11 is 0. The quantitative estimate of drug-likeness (QED) is 0.400. The maximum atomic E-state index is 13.8. The summed E-state index contributed by atoms with van der Waals surface area (Å²) in [7, 11) is 1.53. The number of carbonyl (C=O) groups excluding carboxylic acids is 3. The summed E-state index contributed by atoms with van der Waals surface area (Å²) in [6.45, 7) is 0.675. The minimum Gasteiger partial charge on any atom is -0.493 e. The zero-order valence-electron chi connectivity index (χ0n) is 24.6. The number of hydrogen-bond acceptors (Lipinski definition) is 9. The number of rotatable bonds is 2. The fraction of sp³-hybridized carbons (Fsp3) is 0.406. The Balaban J connectivity index is 1.25. The number of amides is 3. The summed E-state index contributed by atoms with van der Waals surface area (Å²) in [4.78, 5) is 49.9. The number of fused-ring (bicyclic) bond motifs is 1. The molecule has 0 spiro atoms. The molecule has 0 unspecified atom stereocenters. The summed E-state index contributed by atoms with van der Waals surface area (Å²) in [6.07, 6.45) is 3.65. The van der Waals surface area contributed by atoms with E-state index in [1.807, 2.05) is 30.3 Å². The normalized spacial score (nSPS) is 20.4. The number of carbonyl (C=O) groups is 3. The Morgan fingerprint density at radius 2 is 1.77 bits per heavy atom. The number of benzene rings is 2. The van der Waals surface area contributed by atoms with E-state index in [9.17, 15) is 14.4 Å². The summed E-state index contributed by atoms with van der Waals surface area (Å²) in [5.41, 5.74) is 9.78. The van der Waals surface area contributed by atoms with Crippen LogP contribution in [0.3, 0.4) is 0 Å². The molecule has 0 radical (unpaired) electrons. The number of anilines is 1. The first-order valence-corrected chi connectivity index (χ1v) is 14.9. The molecule has 4 N–H and O–H groups in total. The van der Waals surface area contributed by atoms with Crippen molar-refractivity contribution in [1.82, 2.24) is 25.5 Å². The van der Waals surface area contributed by atoms with Crippen molar-refractivity contribution in [2.75, 3.05) is 32.5 Å². The second-order valence-corrected chi connectivity index (χ2v) is 11.3. The molecule has 12 nitrogen and oxygen atoms in total. The van der Waals surface area contributed by atoms with Gasteiger partial charge in [0.15, 0.2) is 18.1 Å². The lowest BCUT2D eigenvalue weighted by atomic mass is 9.94. The van der Waals surface area contributed by atoms with Crippen LogP contribution in [0.1, 0.15) is 52.1 Å². The monoisotopic (exact) mass is 600 g/mol. The minimum atomic E-state index is -0.495. The molecule has 6 heterocycles. The molecule has 3 aromatic rings. The van der Waals surface area contributed by atoms with Crippen LogP contribution in [-0.4, -0.2) is 71.5 Å². The van der Waals surface area contributed by atoms with Crippen molar-refractivity contribution in [3.63, 3.8) is 0 Å². The fourth-order valence-corrected chi connectivity index (χ4v) is 5.92. The van der Waals surface area contributed by atoms with Crippen LogP contribution in [0, 0.1) is 0 Å². The van der Waals surface area contributed by atoms with Crippen molar-refractivity contribution in [2.24, 2.45) is 0 Å². The first kappa shape index (κ1) is 29.2. The van der Waals surface area contributed by atoms with Crippen molar-refractivity contribution >= 4 is 23.7 Å². The number of nitrogens with one attached hydrogen (secondary N) is 2. The molecule has 44 heavy (non-hydrogen) atoms. The van der Waals surface area contributed by atoms with Gasteiger partial charge in [-0.25, -0.2) is 9.97 Å². The highest BCUT2D eigenvalue weighted by Gasteiger charge is 2.39. The van der Waals surface area contributed by atoms with Crippen LogP contribution in [0.15, 0.2) is 42.5 Å². The molecule has 2 aromatic carbocycles. The van der Waals surface area contributed by atoms with Crippen LogP contribution in [0.5, 0.6) is 17.2 Å². The number of likely N-dealkylation sites (tertiary alicyclic amines) is 1. The second kappa shape index (κ2) is 12.8. The largest absolute Gasteiger partial charge is 0.493 e. The Morgan fingerprint density at radius 3 is 2.59 bits per heavy atom. The van der Waals surface area contributed by atoms with Crippen LogP contribution < -0.4 is 30.6 Å². The van der Waals surface area contributed by atoms with Crippen molar-refractivity contribution in [1.29, 1.82) is 0 Å². The van der Waals surface area contributed by atoms with E-state index < -0.39 is 12.1 Å². The van der Waals surface area contributed by atoms with Gasteiger partial charge in [-0.1, -0.05) is 18.2 Å². The molecule has 1 aliphatic carbocycles. The van der Waals surface area contributed by atoms with Gasteiger partial charge in [0.2, 0.25) is 11.9 Å². The molecule has 1 aromatic heterocycles. The molecule has 12 heteroatoms. The third-order valence-electron chi connectivity index (χ3n) is 8.23. The summed E-state index contributed by atoms with van der Waals surface area (Å²) in [5.74, 6) is 0.924. The first-order valence-electron chi connectivity index (χ1n) is 14.9. The van der Waals surface area contributed by atoms with Crippen LogP contribution in [-0.2, 0) is 35.4 Å². The summed E-state index contributed by atoms with van der Waals surface area (Å²) < 4.78 is 17.5. The molecule has 1 saturated heterocycles. The fourth-order valence-electron chi connectivity index (χ4n) is 5.92. The maximum absolute atomic E-state index is 13.8. The zero-order chi connectivity index (χ0) is 30.6. The van der Waals surface area contributed by atoms with Gasteiger partial charge in [0.25, 0.3) is 11.8 Å². The summed E-state index contributed by atoms with van der Waals surface area (Å²) in [6, 6.07) is 12.3. The molecule has 2 atom stereocenters. The maximum Gasteiger partial charge on any atom is 0.273 e. The summed E-state index contributed by atoms with van der Waals surface area (Å²) in [5, 5.41) is 5.96. The molecule has 0 saturated carbocycles. The number of aromatic nitrogens is 2. The predicted octanol–water partition coefficient (Wildman–Crippen LogP) is 1.98. The first-order chi connectivity index (χ1) is 21.4. The molecule has 6 aliphatic rings. The van der Waals surface area contributed by atoms with Gasteiger partial charge >= 0.3 is 0 Å². The van der Waals surface area contributed by atoms with Crippen LogP contribution in [0.2, 0.25) is 0 Å². The van der Waals surface area contributed by atoms with E-state index in [2.05, 4.69) is 20.6 Å². The molecule has 3 amide bonds.